The second-order valence-corrected chi connectivity index (χ2v) is 6.26. The first-order valence-corrected chi connectivity index (χ1v) is 9.03. The van der Waals surface area contributed by atoms with Crippen LogP contribution in [0.5, 0.6) is 11.5 Å². The molecule has 0 spiro atoms. The number of hydrogen-bond donors (Lipinski definition) is 0. The summed E-state index contributed by atoms with van der Waals surface area (Å²) >= 11 is 2.08. The third-order valence-electron chi connectivity index (χ3n) is 3.35. The van der Waals surface area contributed by atoms with Gasteiger partial charge in [0.2, 0.25) is 0 Å². The maximum absolute atomic E-state index is 12.2. The van der Waals surface area contributed by atoms with Gasteiger partial charge in [0, 0.05) is 6.61 Å². The summed E-state index contributed by atoms with van der Waals surface area (Å²) in [4.78, 5) is 24.1. The third-order valence-corrected chi connectivity index (χ3v) is 4.20. The van der Waals surface area contributed by atoms with Gasteiger partial charge in [0.25, 0.3) is 0 Å². The number of carbonyl (C=O) groups is 2. The summed E-state index contributed by atoms with van der Waals surface area (Å²) in [5.74, 6) is 0.0888. The van der Waals surface area contributed by atoms with Crippen LogP contribution in [0.4, 0.5) is 0 Å². The molecule has 2 aromatic carbocycles. The third kappa shape index (κ3) is 5.70. The van der Waals surface area contributed by atoms with Gasteiger partial charge in [-0.15, -0.1) is 0 Å². The predicted molar refractivity (Wildman–Crippen MR) is 104 cm³/mol. The van der Waals surface area contributed by atoms with Crippen LogP contribution in [0.15, 0.2) is 42.5 Å². The average Bonchev–Trinajstić information content (AvgIpc) is 2.65. The molecule has 0 saturated carbocycles. The van der Waals surface area contributed by atoms with Gasteiger partial charge >= 0.3 is 11.9 Å². The molecule has 0 radical (unpaired) electrons. The highest BCUT2D eigenvalue weighted by molar-refractivity contribution is 14.1. The second kappa shape index (κ2) is 10.1. The second-order valence-electron chi connectivity index (χ2n) is 5.10. The molecule has 0 fully saturated rings. The molecule has 0 aliphatic rings. The lowest BCUT2D eigenvalue weighted by Gasteiger charge is -2.08. The molecule has 0 amide bonds. The van der Waals surface area contributed by atoms with E-state index in [0.29, 0.717) is 35.8 Å². The summed E-state index contributed by atoms with van der Waals surface area (Å²) in [5, 5.41) is 0. The predicted octanol–water partition coefficient (Wildman–Crippen LogP) is 3.71. The maximum atomic E-state index is 12.2. The maximum Gasteiger partial charge on any atom is 0.343 e. The Balaban J connectivity index is 1.95. The van der Waals surface area contributed by atoms with E-state index in [2.05, 4.69) is 22.6 Å². The summed E-state index contributed by atoms with van der Waals surface area (Å²) in [5.41, 5.74) is 0.787. The molecule has 0 aliphatic carbocycles. The molecule has 0 aromatic heterocycles. The van der Waals surface area contributed by atoms with E-state index in [4.69, 9.17) is 18.9 Å². The van der Waals surface area contributed by atoms with Gasteiger partial charge < -0.3 is 18.9 Å². The molecule has 0 aliphatic heterocycles. The van der Waals surface area contributed by atoms with Crippen molar-refractivity contribution in [3.8, 4) is 11.5 Å². The van der Waals surface area contributed by atoms with Crippen LogP contribution >= 0.6 is 22.6 Å². The molecule has 0 atom stereocenters. The molecular weight excluding hydrogens is 451 g/mol. The van der Waals surface area contributed by atoms with Crippen molar-refractivity contribution in [2.45, 2.75) is 6.92 Å². The van der Waals surface area contributed by atoms with Crippen LogP contribution in [0.25, 0.3) is 0 Å². The SMILES string of the molecule is CCOCCOC(=O)c1ccc(OC(=O)c2ccc(OC)c(I)c2)cc1. The fourth-order valence-electron chi connectivity index (χ4n) is 2.04. The number of methoxy groups -OCH3 is 1. The van der Waals surface area contributed by atoms with Crippen LogP contribution in [0.3, 0.4) is 0 Å². The van der Waals surface area contributed by atoms with Gasteiger partial charge in [0.05, 0.1) is 28.4 Å². The lowest BCUT2D eigenvalue weighted by Crippen LogP contribution is -2.11. The lowest BCUT2D eigenvalue weighted by atomic mass is 10.2. The minimum Gasteiger partial charge on any atom is -0.496 e. The molecule has 7 heteroatoms. The van der Waals surface area contributed by atoms with Crippen molar-refractivity contribution in [2.24, 2.45) is 0 Å². The first-order chi connectivity index (χ1) is 12.5. The highest BCUT2D eigenvalue weighted by Crippen LogP contribution is 2.22. The van der Waals surface area contributed by atoms with E-state index < -0.39 is 11.9 Å². The van der Waals surface area contributed by atoms with Gasteiger partial charge in [-0.1, -0.05) is 0 Å². The Hall–Kier alpha value is -2.13. The largest absolute Gasteiger partial charge is 0.496 e. The van der Waals surface area contributed by atoms with Crippen molar-refractivity contribution < 1.29 is 28.5 Å². The van der Waals surface area contributed by atoms with Crippen LogP contribution in [0.2, 0.25) is 0 Å². The fraction of sp³-hybridized carbons (Fsp3) is 0.263. The van der Waals surface area contributed by atoms with Crippen molar-refractivity contribution in [2.75, 3.05) is 26.9 Å². The topological polar surface area (TPSA) is 71.1 Å². The number of hydrogen-bond acceptors (Lipinski definition) is 6. The summed E-state index contributed by atoms with van der Waals surface area (Å²) < 4.78 is 21.5. The zero-order chi connectivity index (χ0) is 18.9. The average molecular weight is 470 g/mol. The van der Waals surface area contributed by atoms with E-state index in [1.807, 2.05) is 6.92 Å². The standard InChI is InChI=1S/C19H19IO6/c1-3-24-10-11-25-18(21)13-4-7-15(8-5-13)26-19(22)14-6-9-17(23-2)16(20)12-14/h4-9,12H,3,10-11H2,1-2H3. The molecule has 0 N–H and O–H groups in total. The first kappa shape index (κ1) is 20.2. The van der Waals surface area contributed by atoms with Crippen molar-refractivity contribution in [1.29, 1.82) is 0 Å². The number of carbonyl (C=O) groups excluding carboxylic acids is 2. The van der Waals surface area contributed by atoms with Crippen LogP contribution in [-0.2, 0) is 9.47 Å². The van der Waals surface area contributed by atoms with Crippen molar-refractivity contribution >= 4 is 34.5 Å². The first-order valence-electron chi connectivity index (χ1n) is 7.95. The smallest absolute Gasteiger partial charge is 0.343 e. The van der Waals surface area contributed by atoms with Crippen molar-refractivity contribution in [3.05, 3.63) is 57.2 Å². The Kier molecular flexibility index (Phi) is 7.86. The number of esters is 2. The number of halogens is 1. The van der Waals surface area contributed by atoms with Gasteiger partial charge in [0.15, 0.2) is 0 Å². The highest BCUT2D eigenvalue weighted by Gasteiger charge is 2.12. The quantitative estimate of drug-likeness (QED) is 0.254. The minimum absolute atomic E-state index is 0.194. The lowest BCUT2D eigenvalue weighted by molar-refractivity contribution is 0.0335. The van der Waals surface area contributed by atoms with Gasteiger partial charge in [0.1, 0.15) is 18.1 Å². The molecule has 26 heavy (non-hydrogen) atoms. The Morgan fingerprint density at radius 3 is 2.27 bits per heavy atom. The summed E-state index contributed by atoms with van der Waals surface area (Å²) in [6.45, 7) is 3.00. The van der Waals surface area contributed by atoms with E-state index in [9.17, 15) is 9.59 Å². The molecule has 0 bridgehead atoms. The van der Waals surface area contributed by atoms with E-state index in [-0.39, 0.29) is 6.61 Å². The highest BCUT2D eigenvalue weighted by atomic mass is 127. The molecular formula is C19H19IO6. The van der Waals surface area contributed by atoms with Crippen LogP contribution in [0, 0.1) is 3.57 Å². The zero-order valence-corrected chi connectivity index (χ0v) is 16.6. The number of rotatable bonds is 8. The summed E-state index contributed by atoms with van der Waals surface area (Å²) in [7, 11) is 1.57. The molecule has 6 nitrogen and oxygen atoms in total. The van der Waals surface area contributed by atoms with Gasteiger partial charge in [-0.05, 0) is 72.0 Å². The van der Waals surface area contributed by atoms with Gasteiger partial charge in [-0.3, -0.25) is 0 Å². The number of benzene rings is 2. The molecule has 0 heterocycles. The number of ether oxygens (including phenoxy) is 4. The van der Waals surface area contributed by atoms with Crippen LogP contribution in [-0.4, -0.2) is 38.9 Å². The Labute approximate surface area is 165 Å². The summed E-state index contributed by atoms with van der Waals surface area (Å²) in [6.07, 6.45) is 0. The molecule has 138 valence electrons. The van der Waals surface area contributed by atoms with Crippen molar-refractivity contribution in [3.63, 3.8) is 0 Å². The van der Waals surface area contributed by atoms with Gasteiger partial charge in [-0.2, -0.15) is 0 Å². The van der Waals surface area contributed by atoms with E-state index in [1.54, 1.807) is 49.6 Å². The summed E-state index contributed by atoms with van der Waals surface area (Å²) in [6, 6.07) is 11.2. The normalized spacial score (nSPS) is 10.3. The van der Waals surface area contributed by atoms with E-state index >= 15 is 0 Å². The van der Waals surface area contributed by atoms with Crippen molar-refractivity contribution in [1.82, 2.24) is 0 Å². The van der Waals surface area contributed by atoms with Gasteiger partial charge in [-0.25, -0.2) is 9.59 Å². The van der Waals surface area contributed by atoms with Crippen LogP contribution < -0.4 is 9.47 Å². The molecule has 0 unspecified atom stereocenters. The Bertz CT molecular complexity index is 757. The van der Waals surface area contributed by atoms with E-state index in [0.717, 1.165) is 3.57 Å². The monoisotopic (exact) mass is 470 g/mol. The Morgan fingerprint density at radius 2 is 1.65 bits per heavy atom. The minimum atomic E-state index is -0.488. The Morgan fingerprint density at radius 1 is 0.962 bits per heavy atom. The van der Waals surface area contributed by atoms with Crippen LogP contribution in [0.1, 0.15) is 27.6 Å². The fourth-order valence-corrected chi connectivity index (χ4v) is 2.77. The molecule has 2 rings (SSSR count). The molecule has 0 saturated heterocycles. The zero-order valence-electron chi connectivity index (χ0n) is 14.5. The molecule has 2 aromatic rings. The van der Waals surface area contributed by atoms with E-state index in [1.165, 1.54) is 0 Å².